The van der Waals surface area contributed by atoms with Crippen LogP contribution in [-0.4, -0.2) is 27.5 Å². The monoisotopic (exact) mass is 438 g/mol. The minimum absolute atomic E-state index is 0.121. The number of hydrogen-bond donors (Lipinski definition) is 1. The number of amides is 1. The Hall–Kier alpha value is -3.32. The standard InChI is InChI=1S/C24H26N2O4S/c1-4-30-22-12-10-21(11-13-22)26(31(28,29)23-14-8-18(2)9-15-23)17-24(27)25-20-7-5-6-19(3)16-20/h5-16H,4,17H2,1-3H3,(H,25,27). The van der Waals surface area contributed by atoms with Crippen molar-refractivity contribution in [2.45, 2.75) is 25.7 Å². The topological polar surface area (TPSA) is 75.7 Å². The summed E-state index contributed by atoms with van der Waals surface area (Å²) in [7, 11) is -3.96. The highest BCUT2D eigenvalue weighted by Crippen LogP contribution is 2.26. The summed E-state index contributed by atoms with van der Waals surface area (Å²) in [5, 5.41) is 2.78. The third-order valence-electron chi connectivity index (χ3n) is 4.63. The van der Waals surface area contributed by atoms with Crippen LogP contribution in [0.4, 0.5) is 11.4 Å². The van der Waals surface area contributed by atoms with Crippen LogP contribution in [0.3, 0.4) is 0 Å². The molecule has 0 aliphatic carbocycles. The lowest BCUT2D eigenvalue weighted by Gasteiger charge is -2.24. The van der Waals surface area contributed by atoms with Gasteiger partial charge in [-0.1, -0.05) is 29.8 Å². The van der Waals surface area contributed by atoms with E-state index in [0.29, 0.717) is 23.7 Å². The second-order valence-corrected chi connectivity index (χ2v) is 9.03. The van der Waals surface area contributed by atoms with E-state index in [-0.39, 0.29) is 11.4 Å². The molecule has 0 aromatic heterocycles. The molecule has 3 aromatic carbocycles. The Balaban J connectivity index is 1.93. The van der Waals surface area contributed by atoms with Crippen molar-refractivity contribution >= 4 is 27.3 Å². The molecule has 162 valence electrons. The summed E-state index contributed by atoms with van der Waals surface area (Å²) >= 11 is 0. The number of hydrogen-bond acceptors (Lipinski definition) is 4. The van der Waals surface area contributed by atoms with Crippen LogP contribution in [0.5, 0.6) is 5.75 Å². The van der Waals surface area contributed by atoms with Crippen LogP contribution >= 0.6 is 0 Å². The smallest absolute Gasteiger partial charge is 0.264 e. The van der Waals surface area contributed by atoms with Crippen LogP contribution in [0.2, 0.25) is 0 Å². The Morgan fingerprint density at radius 1 is 0.935 bits per heavy atom. The molecule has 6 nitrogen and oxygen atoms in total. The van der Waals surface area contributed by atoms with Gasteiger partial charge in [0.25, 0.3) is 10.0 Å². The van der Waals surface area contributed by atoms with Gasteiger partial charge < -0.3 is 10.1 Å². The molecule has 3 aromatic rings. The number of nitrogens with one attached hydrogen (secondary N) is 1. The van der Waals surface area contributed by atoms with Crippen molar-refractivity contribution in [1.29, 1.82) is 0 Å². The lowest BCUT2D eigenvalue weighted by atomic mass is 10.2. The SMILES string of the molecule is CCOc1ccc(N(CC(=O)Nc2cccc(C)c2)S(=O)(=O)c2ccc(C)cc2)cc1. The normalized spacial score (nSPS) is 11.1. The maximum atomic E-state index is 13.4. The van der Waals surface area contributed by atoms with Crippen molar-refractivity contribution in [1.82, 2.24) is 0 Å². The minimum Gasteiger partial charge on any atom is -0.494 e. The van der Waals surface area contributed by atoms with Gasteiger partial charge >= 0.3 is 0 Å². The molecule has 0 heterocycles. The van der Waals surface area contributed by atoms with Gasteiger partial charge in [0.05, 0.1) is 17.2 Å². The molecule has 31 heavy (non-hydrogen) atoms. The van der Waals surface area contributed by atoms with Crippen LogP contribution in [0, 0.1) is 13.8 Å². The fourth-order valence-corrected chi connectivity index (χ4v) is 4.50. The number of ether oxygens (including phenoxy) is 1. The summed E-state index contributed by atoms with van der Waals surface area (Å²) in [5.74, 6) is 0.193. The average Bonchev–Trinajstić information content (AvgIpc) is 2.73. The molecule has 0 radical (unpaired) electrons. The number of aryl methyl sites for hydroxylation is 2. The van der Waals surface area contributed by atoms with Crippen LogP contribution in [0.25, 0.3) is 0 Å². The molecular formula is C24H26N2O4S. The van der Waals surface area contributed by atoms with Crippen LogP contribution in [0.15, 0.2) is 77.7 Å². The van der Waals surface area contributed by atoms with Gasteiger partial charge in [-0.15, -0.1) is 0 Å². The van der Waals surface area contributed by atoms with Crippen molar-refractivity contribution < 1.29 is 17.9 Å². The molecule has 0 atom stereocenters. The molecular weight excluding hydrogens is 412 g/mol. The first-order chi connectivity index (χ1) is 14.8. The number of carbonyl (C=O) groups is 1. The maximum absolute atomic E-state index is 13.4. The molecule has 1 N–H and O–H groups in total. The Kier molecular flexibility index (Phi) is 6.97. The fourth-order valence-electron chi connectivity index (χ4n) is 3.08. The van der Waals surface area contributed by atoms with E-state index in [0.717, 1.165) is 15.4 Å². The lowest BCUT2D eigenvalue weighted by Crippen LogP contribution is -2.38. The highest BCUT2D eigenvalue weighted by atomic mass is 32.2. The number of benzene rings is 3. The summed E-state index contributed by atoms with van der Waals surface area (Å²) < 4.78 is 33.4. The van der Waals surface area contributed by atoms with E-state index in [1.54, 1.807) is 54.6 Å². The minimum atomic E-state index is -3.96. The average molecular weight is 439 g/mol. The van der Waals surface area contributed by atoms with E-state index in [1.165, 1.54) is 0 Å². The van der Waals surface area contributed by atoms with E-state index in [2.05, 4.69) is 5.32 Å². The van der Waals surface area contributed by atoms with Gasteiger partial charge in [0.1, 0.15) is 12.3 Å². The number of carbonyl (C=O) groups excluding carboxylic acids is 1. The molecule has 1 amide bonds. The van der Waals surface area contributed by atoms with Crippen molar-refractivity contribution in [3.8, 4) is 5.75 Å². The van der Waals surface area contributed by atoms with E-state index in [9.17, 15) is 13.2 Å². The van der Waals surface area contributed by atoms with Crippen LogP contribution < -0.4 is 14.4 Å². The summed E-state index contributed by atoms with van der Waals surface area (Å²) in [6, 6.07) is 20.6. The second-order valence-electron chi connectivity index (χ2n) is 7.17. The molecule has 3 rings (SSSR count). The zero-order valence-corrected chi connectivity index (χ0v) is 18.6. The number of rotatable bonds is 8. The van der Waals surface area contributed by atoms with Gasteiger partial charge in [-0.25, -0.2) is 8.42 Å². The molecule has 0 bridgehead atoms. The predicted molar refractivity (Wildman–Crippen MR) is 123 cm³/mol. The van der Waals surface area contributed by atoms with E-state index >= 15 is 0 Å². The van der Waals surface area contributed by atoms with Gasteiger partial charge in [0, 0.05) is 5.69 Å². The maximum Gasteiger partial charge on any atom is 0.264 e. The van der Waals surface area contributed by atoms with E-state index in [4.69, 9.17) is 4.74 Å². The highest BCUT2D eigenvalue weighted by Gasteiger charge is 2.27. The quantitative estimate of drug-likeness (QED) is 0.560. The number of sulfonamides is 1. The molecule has 0 spiro atoms. The highest BCUT2D eigenvalue weighted by molar-refractivity contribution is 7.92. The van der Waals surface area contributed by atoms with Gasteiger partial charge in [-0.2, -0.15) is 0 Å². The zero-order chi connectivity index (χ0) is 22.4. The Labute approximate surface area is 183 Å². The fraction of sp³-hybridized carbons (Fsp3) is 0.208. The van der Waals surface area contributed by atoms with Crippen molar-refractivity contribution in [2.75, 3.05) is 22.8 Å². The molecule has 0 unspecified atom stereocenters. The summed E-state index contributed by atoms with van der Waals surface area (Å²) in [5.41, 5.74) is 2.94. The zero-order valence-electron chi connectivity index (χ0n) is 17.8. The first kappa shape index (κ1) is 22.4. The molecule has 0 saturated heterocycles. The molecule has 7 heteroatoms. The van der Waals surface area contributed by atoms with E-state index in [1.807, 2.05) is 39.0 Å². The summed E-state index contributed by atoms with van der Waals surface area (Å²) in [6.07, 6.45) is 0. The molecule has 0 saturated carbocycles. The predicted octanol–water partition coefficient (Wildman–Crippen LogP) is 4.54. The first-order valence-corrected chi connectivity index (χ1v) is 11.4. The number of anilines is 2. The van der Waals surface area contributed by atoms with Gasteiger partial charge in [0.2, 0.25) is 5.91 Å². The van der Waals surface area contributed by atoms with Gasteiger partial charge in [-0.05, 0) is 74.9 Å². The first-order valence-electron chi connectivity index (χ1n) is 9.98. The third kappa shape index (κ3) is 5.64. The van der Waals surface area contributed by atoms with Crippen molar-refractivity contribution in [3.63, 3.8) is 0 Å². The number of nitrogens with zero attached hydrogens (tertiary/aromatic N) is 1. The van der Waals surface area contributed by atoms with Crippen LogP contribution in [0.1, 0.15) is 18.1 Å². The van der Waals surface area contributed by atoms with Crippen molar-refractivity contribution in [2.24, 2.45) is 0 Å². The molecule has 0 aliphatic rings. The summed E-state index contributed by atoms with van der Waals surface area (Å²) in [4.78, 5) is 12.9. The van der Waals surface area contributed by atoms with E-state index < -0.39 is 15.9 Å². The Bertz CT molecular complexity index is 1140. The van der Waals surface area contributed by atoms with Gasteiger partial charge in [-0.3, -0.25) is 9.10 Å². The van der Waals surface area contributed by atoms with Gasteiger partial charge in [0.15, 0.2) is 0 Å². The van der Waals surface area contributed by atoms with Crippen molar-refractivity contribution in [3.05, 3.63) is 83.9 Å². The Morgan fingerprint density at radius 3 is 2.23 bits per heavy atom. The lowest BCUT2D eigenvalue weighted by molar-refractivity contribution is -0.114. The third-order valence-corrected chi connectivity index (χ3v) is 6.42. The summed E-state index contributed by atoms with van der Waals surface area (Å²) in [6.45, 7) is 5.82. The second kappa shape index (κ2) is 9.66. The molecule has 0 aliphatic heterocycles. The molecule has 0 fully saturated rings. The van der Waals surface area contributed by atoms with Crippen LogP contribution in [-0.2, 0) is 14.8 Å². The largest absolute Gasteiger partial charge is 0.494 e. The Morgan fingerprint density at radius 2 is 1.61 bits per heavy atom.